The zero-order valence-corrected chi connectivity index (χ0v) is 9.84. The molecule has 0 aliphatic carbocycles. The number of nitrogens with zero attached hydrogens (tertiary/aromatic N) is 4. The summed E-state index contributed by atoms with van der Waals surface area (Å²) < 4.78 is 2.52. The lowest BCUT2D eigenvalue weighted by Crippen LogP contribution is -2.34. The van der Waals surface area contributed by atoms with Crippen LogP contribution in [-0.2, 0) is 13.6 Å². The van der Waals surface area contributed by atoms with Crippen LogP contribution in [0.25, 0.3) is 0 Å². The van der Waals surface area contributed by atoms with Crippen LogP contribution in [0.3, 0.4) is 0 Å². The van der Waals surface area contributed by atoms with E-state index in [4.69, 9.17) is 12.2 Å². The van der Waals surface area contributed by atoms with Crippen molar-refractivity contribution in [3.8, 4) is 0 Å². The summed E-state index contributed by atoms with van der Waals surface area (Å²) in [6, 6.07) is 0. The van der Waals surface area contributed by atoms with Crippen LogP contribution in [0.5, 0.6) is 0 Å². The van der Waals surface area contributed by atoms with Gasteiger partial charge in [-0.3, -0.25) is 0 Å². The molecule has 0 atom stereocenters. The zero-order valence-electron chi connectivity index (χ0n) is 9.03. The number of aromatic amines is 1. The second-order valence-electron chi connectivity index (χ2n) is 3.67. The van der Waals surface area contributed by atoms with E-state index >= 15 is 0 Å². The van der Waals surface area contributed by atoms with Gasteiger partial charge in [0.05, 0.1) is 0 Å². The summed E-state index contributed by atoms with van der Waals surface area (Å²) in [5.74, 6) is 0. The lowest BCUT2D eigenvalue weighted by molar-refractivity contribution is -0.785. The van der Waals surface area contributed by atoms with Gasteiger partial charge in [-0.2, -0.15) is 0 Å². The maximum Gasteiger partial charge on any atom is 0.347 e. The second-order valence-corrected chi connectivity index (χ2v) is 4.03. The zero-order chi connectivity index (χ0) is 10.6. The van der Waals surface area contributed by atoms with Gasteiger partial charge in [0.2, 0.25) is 0 Å². The Balaban J connectivity index is 2.31. The largest absolute Gasteiger partial charge is 0.347 e. The number of unbranched alkanes of at least 4 members (excludes halogenated alkanes) is 1. The fourth-order valence-corrected chi connectivity index (χ4v) is 1.52. The monoisotopic (exact) mass is 216 g/mol. The quantitative estimate of drug-likeness (QED) is 0.431. The summed E-state index contributed by atoms with van der Waals surface area (Å²) in [7, 11) is 6.01. The molecule has 0 spiro atoms. The van der Waals surface area contributed by atoms with Crippen LogP contribution < -0.4 is 4.80 Å². The van der Waals surface area contributed by atoms with Gasteiger partial charge in [-0.25, -0.2) is 0 Å². The van der Waals surface area contributed by atoms with Crippen LogP contribution >= 0.6 is 12.2 Å². The summed E-state index contributed by atoms with van der Waals surface area (Å²) in [6.07, 6.45) is 2.30. The number of hydrogen-bond acceptors (Lipinski definition) is 3. The van der Waals surface area contributed by atoms with E-state index in [1.54, 1.807) is 4.80 Å². The van der Waals surface area contributed by atoms with Gasteiger partial charge in [-0.1, -0.05) is 10.0 Å². The lowest BCUT2D eigenvalue weighted by Gasteiger charge is -2.07. The third-order valence-corrected chi connectivity index (χ3v) is 2.27. The highest BCUT2D eigenvalue weighted by atomic mass is 32.1. The molecule has 0 fully saturated rings. The van der Waals surface area contributed by atoms with Crippen LogP contribution in [0.1, 0.15) is 12.8 Å². The van der Waals surface area contributed by atoms with Crippen molar-refractivity contribution < 1.29 is 4.80 Å². The van der Waals surface area contributed by atoms with Gasteiger partial charge in [-0.05, 0) is 50.8 Å². The fourth-order valence-electron chi connectivity index (χ4n) is 1.27. The average molecular weight is 216 g/mol. The fraction of sp³-hybridized carbons (Fsp3) is 0.875. The molecule has 0 bridgehead atoms. The minimum Gasteiger partial charge on any atom is -0.309 e. The van der Waals surface area contributed by atoms with E-state index in [1.807, 2.05) is 11.7 Å². The predicted octanol–water partition coefficient (Wildman–Crippen LogP) is 0.107. The number of H-pyrrole nitrogens is 1. The van der Waals surface area contributed by atoms with Crippen molar-refractivity contribution in [2.45, 2.75) is 19.4 Å². The average Bonchev–Trinajstić information content (AvgIpc) is 2.39. The SMILES string of the molecule is CN(C)CCCCn1[nH][n+](C)nc1=S. The Morgan fingerprint density at radius 2 is 2.21 bits per heavy atom. The first-order valence-corrected chi connectivity index (χ1v) is 5.18. The molecule has 0 aromatic carbocycles. The topological polar surface area (TPSA) is 40.7 Å². The highest BCUT2D eigenvalue weighted by Gasteiger charge is 2.04. The molecule has 80 valence electrons. The molecule has 1 heterocycles. The number of nitrogens with one attached hydrogen (secondary N) is 1. The Labute approximate surface area is 89.3 Å². The molecule has 0 amide bonds. The van der Waals surface area contributed by atoms with Crippen molar-refractivity contribution in [3.05, 3.63) is 4.77 Å². The van der Waals surface area contributed by atoms with Gasteiger partial charge >= 0.3 is 4.77 Å². The summed E-state index contributed by atoms with van der Waals surface area (Å²) in [6.45, 7) is 2.04. The summed E-state index contributed by atoms with van der Waals surface area (Å²) in [4.78, 5) is 3.82. The van der Waals surface area contributed by atoms with Gasteiger partial charge in [0, 0.05) is 0 Å². The Hall–Kier alpha value is -0.750. The highest BCUT2D eigenvalue weighted by Crippen LogP contribution is 1.94. The molecule has 0 radical (unpaired) electrons. The van der Waals surface area contributed by atoms with Crippen molar-refractivity contribution in [2.75, 3.05) is 20.6 Å². The molecule has 6 heteroatoms. The third kappa shape index (κ3) is 3.55. The van der Waals surface area contributed by atoms with Crippen molar-refractivity contribution in [1.29, 1.82) is 0 Å². The van der Waals surface area contributed by atoms with Gasteiger partial charge in [0.1, 0.15) is 13.6 Å². The van der Waals surface area contributed by atoms with Gasteiger partial charge in [0.25, 0.3) is 0 Å². The van der Waals surface area contributed by atoms with E-state index in [2.05, 4.69) is 29.3 Å². The Bertz CT molecular complexity index is 327. The van der Waals surface area contributed by atoms with Crippen LogP contribution in [-0.4, -0.2) is 40.5 Å². The Morgan fingerprint density at radius 1 is 1.50 bits per heavy atom. The molecule has 5 nitrogen and oxygen atoms in total. The number of aromatic nitrogens is 4. The van der Waals surface area contributed by atoms with Crippen LogP contribution in [0.15, 0.2) is 0 Å². The van der Waals surface area contributed by atoms with Crippen LogP contribution in [0.2, 0.25) is 0 Å². The molecule has 1 N–H and O–H groups in total. The molecule has 0 unspecified atom stereocenters. The molecule has 1 rings (SSSR count). The Morgan fingerprint density at radius 3 is 2.71 bits per heavy atom. The molecule has 0 aliphatic rings. The highest BCUT2D eigenvalue weighted by molar-refractivity contribution is 7.71. The summed E-state index contributed by atoms with van der Waals surface area (Å²) in [5, 5.41) is 7.09. The maximum absolute atomic E-state index is 5.06. The van der Waals surface area contributed by atoms with E-state index in [9.17, 15) is 0 Å². The predicted molar refractivity (Wildman–Crippen MR) is 56.4 cm³/mol. The van der Waals surface area contributed by atoms with Gasteiger partial charge in [0.15, 0.2) is 0 Å². The summed E-state index contributed by atoms with van der Waals surface area (Å²) >= 11 is 5.06. The Kier molecular flexibility index (Phi) is 4.21. The van der Waals surface area contributed by atoms with Crippen molar-refractivity contribution in [2.24, 2.45) is 7.05 Å². The third-order valence-electron chi connectivity index (χ3n) is 1.97. The van der Waals surface area contributed by atoms with Crippen LogP contribution in [0, 0.1) is 4.77 Å². The van der Waals surface area contributed by atoms with E-state index in [0.717, 1.165) is 19.5 Å². The van der Waals surface area contributed by atoms with Gasteiger partial charge < -0.3 is 4.90 Å². The minimum atomic E-state index is 0.623. The smallest absolute Gasteiger partial charge is 0.309 e. The van der Waals surface area contributed by atoms with E-state index in [-0.39, 0.29) is 0 Å². The molecular formula is C8H18N5S+. The van der Waals surface area contributed by atoms with E-state index in [1.165, 1.54) is 6.42 Å². The number of hydrogen-bond donors (Lipinski definition) is 1. The molecule has 1 aromatic rings. The standard InChI is InChI=1S/C8H17N5S/c1-11(2)6-4-5-7-13-8(14)9-12(3)10-13/h4-7H2,1-3H3/p+1. The van der Waals surface area contributed by atoms with E-state index in [0.29, 0.717) is 4.77 Å². The molecular weight excluding hydrogens is 198 g/mol. The van der Waals surface area contributed by atoms with Crippen molar-refractivity contribution in [1.82, 2.24) is 19.9 Å². The first-order chi connectivity index (χ1) is 6.59. The number of rotatable bonds is 5. The van der Waals surface area contributed by atoms with Crippen LogP contribution in [0.4, 0.5) is 0 Å². The van der Waals surface area contributed by atoms with Crippen molar-refractivity contribution in [3.63, 3.8) is 0 Å². The lowest BCUT2D eigenvalue weighted by atomic mass is 10.3. The van der Waals surface area contributed by atoms with Gasteiger partial charge in [-0.15, -0.1) is 4.68 Å². The minimum absolute atomic E-state index is 0.623. The second kappa shape index (κ2) is 5.21. The van der Waals surface area contributed by atoms with E-state index < -0.39 is 0 Å². The van der Waals surface area contributed by atoms with Crippen molar-refractivity contribution >= 4 is 12.2 Å². The molecule has 14 heavy (non-hydrogen) atoms. The molecule has 1 aromatic heterocycles. The molecule has 0 aliphatic heterocycles. The normalized spacial score (nSPS) is 11.1. The first-order valence-electron chi connectivity index (χ1n) is 4.77. The maximum atomic E-state index is 5.06. The number of aryl methyl sites for hydroxylation is 2. The summed E-state index contributed by atoms with van der Waals surface area (Å²) in [5.41, 5.74) is 0. The molecule has 0 saturated carbocycles. The number of tetrazole rings is 1. The molecule has 0 saturated heterocycles. The first kappa shape index (κ1) is 11.3.